The summed E-state index contributed by atoms with van der Waals surface area (Å²) in [5, 5.41) is 3.20. The van der Waals surface area contributed by atoms with Gasteiger partial charge in [-0.25, -0.2) is 0 Å². The molecule has 0 spiro atoms. The van der Waals surface area contributed by atoms with E-state index in [1.165, 1.54) is 12.8 Å². The van der Waals surface area contributed by atoms with Crippen molar-refractivity contribution in [3.63, 3.8) is 0 Å². The molecule has 0 radical (unpaired) electrons. The SMILES string of the molecule is CC1C=c2c(c(Br)cc3nc(OCC4(CN(C)C)CC4)nc(N4CCCOCC4)c23)=NC1C. The van der Waals surface area contributed by atoms with Crippen LogP contribution in [0.4, 0.5) is 5.82 Å². The first-order valence-corrected chi connectivity index (χ1v) is 12.8. The zero-order chi connectivity index (χ0) is 23.2. The molecule has 8 heteroatoms. The van der Waals surface area contributed by atoms with E-state index in [0.717, 1.165) is 64.4 Å². The molecule has 1 aromatic carbocycles. The van der Waals surface area contributed by atoms with E-state index in [1.807, 2.05) is 0 Å². The summed E-state index contributed by atoms with van der Waals surface area (Å²) in [6.07, 6.45) is 5.70. The Morgan fingerprint density at radius 3 is 2.79 bits per heavy atom. The van der Waals surface area contributed by atoms with Crippen molar-refractivity contribution in [1.82, 2.24) is 14.9 Å². The summed E-state index contributed by atoms with van der Waals surface area (Å²) in [7, 11) is 4.24. The topological polar surface area (TPSA) is 63.1 Å². The monoisotopic (exact) mass is 515 g/mol. The zero-order valence-electron chi connectivity index (χ0n) is 20.1. The average Bonchev–Trinajstić information content (AvgIpc) is 3.57. The van der Waals surface area contributed by atoms with Gasteiger partial charge >= 0.3 is 6.01 Å². The fraction of sp³-hybridized carbons (Fsp3) is 0.640. The molecule has 1 saturated heterocycles. The Kier molecular flexibility index (Phi) is 6.35. The first kappa shape index (κ1) is 23.0. The van der Waals surface area contributed by atoms with Crippen LogP contribution in [-0.2, 0) is 4.74 Å². The van der Waals surface area contributed by atoms with Crippen molar-refractivity contribution in [1.29, 1.82) is 0 Å². The molecule has 5 rings (SSSR count). The Morgan fingerprint density at radius 2 is 2.03 bits per heavy atom. The van der Waals surface area contributed by atoms with Crippen molar-refractivity contribution in [2.45, 2.75) is 39.2 Å². The number of ether oxygens (including phenoxy) is 2. The highest BCUT2D eigenvalue weighted by Crippen LogP contribution is 2.46. The Bertz CT molecular complexity index is 1160. The van der Waals surface area contributed by atoms with Crippen LogP contribution in [0.3, 0.4) is 0 Å². The van der Waals surface area contributed by atoms with Gasteiger partial charge in [0.25, 0.3) is 0 Å². The predicted molar refractivity (Wildman–Crippen MR) is 134 cm³/mol. The second-order valence-corrected chi connectivity index (χ2v) is 11.1. The van der Waals surface area contributed by atoms with Gasteiger partial charge in [-0.05, 0) is 68.2 Å². The minimum absolute atomic E-state index is 0.229. The second kappa shape index (κ2) is 9.12. The summed E-state index contributed by atoms with van der Waals surface area (Å²) in [4.78, 5) is 19.5. The van der Waals surface area contributed by atoms with E-state index in [-0.39, 0.29) is 11.5 Å². The maximum atomic E-state index is 6.27. The summed E-state index contributed by atoms with van der Waals surface area (Å²) in [6, 6.07) is 2.79. The molecule has 2 fully saturated rings. The van der Waals surface area contributed by atoms with Gasteiger partial charge < -0.3 is 19.3 Å². The third-order valence-electron chi connectivity index (χ3n) is 7.07. The third kappa shape index (κ3) is 4.75. The van der Waals surface area contributed by atoms with E-state index in [4.69, 9.17) is 24.4 Å². The Labute approximate surface area is 204 Å². The molecule has 1 aliphatic carbocycles. The van der Waals surface area contributed by atoms with E-state index < -0.39 is 0 Å². The van der Waals surface area contributed by atoms with Crippen LogP contribution >= 0.6 is 15.9 Å². The molecule has 1 aromatic heterocycles. The van der Waals surface area contributed by atoms with Crippen molar-refractivity contribution in [3.05, 3.63) is 21.1 Å². The molecule has 33 heavy (non-hydrogen) atoms. The molecule has 2 aromatic rings. The molecule has 2 unspecified atom stereocenters. The van der Waals surface area contributed by atoms with Crippen LogP contribution in [0, 0.1) is 11.3 Å². The Balaban J connectivity index is 1.62. The fourth-order valence-corrected chi connectivity index (χ4v) is 5.46. The van der Waals surface area contributed by atoms with Crippen LogP contribution < -0.4 is 20.2 Å². The van der Waals surface area contributed by atoms with Gasteiger partial charge in [0.05, 0.1) is 35.5 Å². The van der Waals surface area contributed by atoms with Crippen LogP contribution in [-0.4, -0.2) is 74.5 Å². The number of rotatable bonds is 6. The Morgan fingerprint density at radius 1 is 1.21 bits per heavy atom. The lowest BCUT2D eigenvalue weighted by Crippen LogP contribution is -2.37. The minimum Gasteiger partial charge on any atom is -0.463 e. The van der Waals surface area contributed by atoms with Crippen molar-refractivity contribution < 1.29 is 9.47 Å². The van der Waals surface area contributed by atoms with Crippen molar-refractivity contribution in [3.8, 4) is 6.01 Å². The molecule has 3 aliphatic rings. The lowest BCUT2D eigenvalue weighted by Gasteiger charge is -2.25. The van der Waals surface area contributed by atoms with Crippen molar-refractivity contribution in [2.75, 3.05) is 58.5 Å². The standard InChI is InChI=1S/C25H34BrN5O2/c1-16-12-18-21-20(13-19(26)22(18)27-17(16)2)28-24(33-15-25(6-7-25)14-30(3)4)29-23(21)31-8-5-10-32-11-9-31/h12-13,16-17H,5-11,14-15H2,1-4H3. The number of nitrogens with zero attached hydrogens (tertiary/aromatic N) is 5. The predicted octanol–water partition coefficient (Wildman–Crippen LogP) is 2.78. The van der Waals surface area contributed by atoms with Crippen LogP contribution in [0.2, 0.25) is 0 Å². The number of hydrogen-bond donors (Lipinski definition) is 0. The van der Waals surface area contributed by atoms with Crippen LogP contribution in [0.25, 0.3) is 17.0 Å². The van der Waals surface area contributed by atoms with Gasteiger partial charge in [0.15, 0.2) is 0 Å². The first-order valence-electron chi connectivity index (χ1n) is 12.1. The first-order chi connectivity index (χ1) is 15.8. The van der Waals surface area contributed by atoms with E-state index in [1.54, 1.807) is 0 Å². The lowest BCUT2D eigenvalue weighted by molar-refractivity contribution is 0.152. The van der Waals surface area contributed by atoms with E-state index in [2.05, 4.69) is 65.8 Å². The van der Waals surface area contributed by atoms with Gasteiger partial charge in [-0.3, -0.25) is 4.99 Å². The molecule has 2 atom stereocenters. The summed E-state index contributed by atoms with van der Waals surface area (Å²) in [6.45, 7) is 9.28. The van der Waals surface area contributed by atoms with Crippen LogP contribution in [0.5, 0.6) is 6.01 Å². The van der Waals surface area contributed by atoms with Gasteiger partial charge in [-0.15, -0.1) is 0 Å². The van der Waals surface area contributed by atoms with Crippen LogP contribution in [0.15, 0.2) is 15.5 Å². The number of benzene rings is 1. The molecule has 7 nitrogen and oxygen atoms in total. The number of anilines is 1. The highest BCUT2D eigenvalue weighted by atomic mass is 79.9. The molecule has 0 bridgehead atoms. The molecule has 3 heterocycles. The highest BCUT2D eigenvalue weighted by Gasteiger charge is 2.44. The van der Waals surface area contributed by atoms with Crippen molar-refractivity contribution in [2.24, 2.45) is 16.3 Å². The maximum absolute atomic E-state index is 6.27. The molecule has 178 valence electrons. The molecular weight excluding hydrogens is 482 g/mol. The lowest BCUT2D eigenvalue weighted by atomic mass is 9.97. The van der Waals surface area contributed by atoms with E-state index in [0.29, 0.717) is 25.1 Å². The smallest absolute Gasteiger partial charge is 0.318 e. The Hall–Kier alpha value is -1.77. The molecular formula is C25H34BrN5O2. The van der Waals surface area contributed by atoms with Crippen LogP contribution in [0.1, 0.15) is 33.1 Å². The highest BCUT2D eigenvalue weighted by molar-refractivity contribution is 9.10. The number of halogens is 1. The van der Waals surface area contributed by atoms with Gasteiger partial charge in [0, 0.05) is 41.3 Å². The largest absolute Gasteiger partial charge is 0.463 e. The normalized spacial score (nSPS) is 24.1. The van der Waals surface area contributed by atoms with Gasteiger partial charge in [0.1, 0.15) is 5.82 Å². The number of fused-ring (bicyclic) bond motifs is 3. The van der Waals surface area contributed by atoms with E-state index >= 15 is 0 Å². The number of aromatic nitrogens is 2. The summed E-state index contributed by atoms with van der Waals surface area (Å²) < 4.78 is 13.0. The molecule has 2 aliphatic heterocycles. The molecule has 1 saturated carbocycles. The van der Waals surface area contributed by atoms with E-state index in [9.17, 15) is 0 Å². The van der Waals surface area contributed by atoms with Crippen molar-refractivity contribution >= 4 is 38.7 Å². The third-order valence-corrected chi connectivity index (χ3v) is 7.68. The minimum atomic E-state index is 0.229. The van der Waals surface area contributed by atoms with Gasteiger partial charge in [-0.2, -0.15) is 9.97 Å². The number of hydrogen-bond acceptors (Lipinski definition) is 7. The molecule has 0 N–H and O–H groups in total. The zero-order valence-corrected chi connectivity index (χ0v) is 21.7. The summed E-state index contributed by atoms with van der Waals surface area (Å²) in [5.41, 5.74) is 1.13. The summed E-state index contributed by atoms with van der Waals surface area (Å²) >= 11 is 3.76. The van der Waals surface area contributed by atoms with Gasteiger partial charge in [0.2, 0.25) is 0 Å². The average molecular weight is 516 g/mol. The summed E-state index contributed by atoms with van der Waals surface area (Å²) in [5.74, 6) is 1.29. The maximum Gasteiger partial charge on any atom is 0.318 e. The molecule has 0 amide bonds. The fourth-order valence-electron chi connectivity index (χ4n) is 4.92. The second-order valence-electron chi connectivity index (χ2n) is 10.2. The quantitative estimate of drug-likeness (QED) is 0.589. The van der Waals surface area contributed by atoms with Gasteiger partial charge in [-0.1, -0.05) is 13.0 Å².